The number of carbonyl (C=O) groups excluding carboxylic acids is 1. The lowest BCUT2D eigenvalue weighted by atomic mass is 10.0. The van der Waals surface area contributed by atoms with E-state index in [9.17, 15) is 14.3 Å². The summed E-state index contributed by atoms with van der Waals surface area (Å²) in [6.45, 7) is 4.97. The van der Waals surface area contributed by atoms with Crippen LogP contribution in [0, 0.1) is 0 Å². The molecule has 9 heteroatoms. The number of phosphoric acid groups is 1. The first-order valence-electron chi connectivity index (χ1n) is 23.0. The van der Waals surface area contributed by atoms with Gasteiger partial charge in [-0.1, -0.05) is 194 Å². The fourth-order valence-electron chi connectivity index (χ4n) is 6.58. The Morgan fingerprint density at radius 3 is 1.37 bits per heavy atom. The lowest BCUT2D eigenvalue weighted by Gasteiger charge is -2.24. The molecule has 0 aromatic rings. The summed E-state index contributed by atoms with van der Waals surface area (Å²) in [7, 11) is 1.65. The minimum atomic E-state index is -4.28. The molecule has 0 heterocycles. The molecule has 1 N–H and O–H groups in total. The van der Waals surface area contributed by atoms with Crippen LogP contribution < -0.4 is 0 Å². The van der Waals surface area contributed by atoms with Crippen molar-refractivity contribution in [3.8, 4) is 0 Å². The van der Waals surface area contributed by atoms with Crippen molar-refractivity contribution in [3.05, 3.63) is 12.3 Å². The monoisotopic (exact) mass is 789 g/mol. The van der Waals surface area contributed by atoms with E-state index in [1.54, 1.807) is 6.26 Å². The number of hydrogen-bond acceptors (Lipinski definition) is 6. The van der Waals surface area contributed by atoms with Crippen molar-refractivity contribution >= 4 is 13.8 Å². The maximum absolute atomic E-state index is 12.7. The summed E-state index contributed by atoms with van der Waals surface area (Å²) in [5.74, 6) is -0.331. The molecule has 0 spiro atoms. The van der Waals surface area contributed by atoms with E-state index in [1.165, 1.54) is 167 Å². The highest BCUT2D eigenvalue weighted by Gasteiger charge is 2.26. The average molecular weight is 789 g/mol. The molecule has 0 aliphatic heterocycles. The van der Waals surface area contributed by atoms with Crippen molar-refractivity contribution < 1.29 is 37.3 Å². The van der Waals surface area contributed by atoms with Gasteiger partial charge in [-0.15, -0.1) is 0 Å². The predicted octanol–water partition coefficient (Wildman–Crippen LogP) is 13.8. The molecule has 2 atom stereocenters. The first kappa shape index (κ1) is 53.1. The molecule has 0 saturated heterocycles. The van der Waals surface area contributed by atoms with Crippen molar-refractivity contribution in [2.24, 2.45) is 0 Å². The first-order chi connectivity index (χ1) is 26.1. The van der Waals surface area contributed by atoms with E-state index in [4.69, 9.17) is 18.5 Å². The molecule has 0 radical (unpaired) electrons. The van der Waals surface area contributed by atoms with Gasteiger partial charge in [0.1, 0.15) is 19.8 Å². The van der Waals surface area contributed by atoms with Gasteiger partial charge in [-0.25, -0.2) is 4.57 Å². The topological polar surface area (TPSA) is 91.3 Å². The molecule has 0 aliphatic rings. The Bertz CT molecular complexity index is 879. The van der Waals surface area contributed by atoms with Crippen LogP contribution >= 0.6 is 7.82 Å². The van der Waals surface area contributed by atoms with Crippen molar-refractivity contribution in [2.75, 3.05) is 47.5 Å². The zero-order valence-corrected chi connectivity index (χ0v) is 37.4. The second-order valence-corrected chi connectivity index (χ2v) is 18.3. The third kappa shape index (κ3) is 42.2. The molecule has 54 heavy (non-hydrogen) atoms. The lowest BCUT2D eigenvalue weighted by molar-refractivity contribution is -0.870. The number of carbonyl (C=O) groups is 1. The highest BCUT2D eigenvalue weighted by molar-refractivity contribution is 7.47. The van der Waals surface area contributed by atoms with E-state index in [0.717, 1.165) is 32.1 Å². The highest BCUT2D eigenvalue weighted by Crippen LogP contribution is 2.43. The molecular formula is C45H91NO7P+. The van der Waals surface area contributed by atoms with Crippen LogP contribution in [0.3, 0.4) is 0 Å². The molecule has 1 unspecified atom stereocenters. The molecule has 0 aromatic carbocycles. The van der Waals surface area contributed by atoms with Crippen molar-refractivity contribution in [1.82, 2.24) is 0 Å². The molecule has 322 valence electrons. The number of phosphoric ester groups is 1. The number of esters is 1. The zero-order chi connectivity index (χ0) is 39.9. The molecular weight excluding hydrogens is 697 g/mol. The quantitative estimate of drug-likeness (QED) is 0.0216. The van der Waals surface area contributed by atoms with Gasteiger partial charge in [0.2, 0.25) is 0 Å². The number of unbranched alkanes of at least 4 members (excludes halogenated alkanes) is 29. The number of nitrogens with zero attached hydrogens (tertiary/aromatic N) is 1. The normalized spacial score (nSPS) is 13.7. The van der Waals surface area contributed by atoms with E-state index in [1.807, 2.05) is 27.2 Å². The van der Waals surface area contributed by atoms with E-state index in [2.05, 4.69) is 13.8 Å². The molecule has 0 amide bonds. The Morgan fingerprint density at radius 1 is 0.574 bits per heavy atom. The summed E-state index contributed by atoms with van der Waals surface area (Å²) in [6.07, 6.45) is 43.4. The molecule has 0 fully saturated rings. The number of ether oxygens (including phenoxy) is 2. The van der Waals surface area contributed by atoms with Crippen LogP contribution in [0.15, 0.2) is 12.3 Å². The zero-order valence-electron chi connectivity index (χ0n) is 36.5. The molecule has 0 aliphatic carbocycles. The molecule has 0 bridgehead atoms. The van der Waals surface area contributed by atoms with Gasteiger partial charge in [0.05, 0.1) is 34.0 Å². The average Bonchev–Trinajstić information content (AvgIpc) is 3.12. The van der Waals surface area contributed by atoms with E-state index < -0.39 is 13.9 Å². The highest BCUT2D eigenvalue weighted by atomic mass is 31.2. The number of quaternary nitrogens is 1. The van der Waals surface area contributed by atoms with Crippen molar-refractivity contribution in [3.63, 3.8) is 0 Å². The molecule has 0 saturated carbocycles. The van der Waals surface area contributed by atoms with Gasteiger partial charge in [0, 0.05) is 6.42 Å². The molecule has 8 nitrogen and oxygen atoms in total. The number of allylic oxidation sites excluding steroid dienone is 1. The van der Waals surface area contributed by atoms with E-state index >= 15 is 0 Å². The minimum Gasteiger partial charge on any atom is -0.498 e. The second kappa shape index (κ2) is 38.9. The number of likely N-dealkylation sites (N-methyl/N-ethyl adjacent to an activating group) is 1. The Kier molecular flexibility index (Phi) is 38.3. The fourth-order valence-corrected chi connectivity index (χ4v) is 7.32. The van der Waals surface area contributed by atoms with Gasteiger partial charge in [0.15, 0.2) is 6.10 Å². The smallest absolute Gasteiger partial charge is 0.472 e. The van der Waals surface area contributed by atoms with Crippen LogP contribution in [0.5, 0.6) is 0 Å². The number of hydrogen-bond donors (Lipinski definition) is 1. The summed E-state index contributed by atoms with van der Waals surface area (Å²) in [5.41, 5.74) is 0. The Morgan fingerprint density at radius 2 is 0.963 bits per heavy atom. The van der Waals surface area contributed by atoms with Crippen molar-refractivity contribution in [2.45, 2.75) is 225 Å². The van der Waals surface area contributed by atoms with Crippen LogP contribution in [-0.2, 0) is 27.9 Å². The lowest BCUT2D eigenvalue weighted by Crippen LogP contribution is -2.37. The Hall–Kier alpha value is -0.920. The third-order valence-electron chi connectivity index (χ3n) is 10.2. The summed E-state index contributed by atoms with van der Waals surface area (Å²) in [6, 6.07) is 0. The van der Waals surface area contributed by atoms with Crippen LogP contribution in [0.25, 0.3) is 0 Å². The standard InChI is InChI=1S/C45H90NO7P/c1-6-8-10-12-14-16-18-20-22-23-24-25-27-29-31-33-35-37-40-50-42-44(43-52-54(48,49)51-41-39-46(3,4)5)53-45(47)38-36-34-32-30-28-26-21-19-17-15-13-11-9-7-2/h37,40,44H,6-36,38-39,41-43H2,1-5H3/p+1/b40-37-/t44-/m1/s1. The Labute approximate surface area is 335 Å². The van der Waals surface area contributed by atoms with E-state index in [0.29, 0.717) is 17.4 Å². The molecule has 0 aromatic heterocycles. The van der Waals surface area contributed by atoms with Gasteiger partial charge < -0.3 is 18.9 Å². The maximum Gasteiger partial charge on any atom is 0.472 e. The van der Waals surface area contributed by atoms with E-state index in [-0.39, 0.29) is 25.8 Å². The first-order valence-corrected chi connectivity index (χ1v) is 24.5. The second-order valence-electron chi connectivity index (χ2n) is 16.9. The van der Waals surface area contributed by atoms with Crippen LogP contribution in [0.2, 0.25) is 0 Å². The number of rotatable bonds is 43. The Balaban J connectivity index is 4.21. The van der Waals surface area contributed by atoms with Crippen LogP contribution in [0.1, 0.15) is 219 Å². The van der Waals surface area contributed by atoms with Gasteiger partial charge in [-0.05, 0) is 25.3 Å². The van der Waals surface area contributed by atoms with Gasteiger partial charge in [-0.2, -0.15) is 0 Å². The van der Waals surface area contributed by atoms with Crippen LogP contribution in [-0.4, -0.2) is 69.0 Å². The van der Waals surface area contributed by atoms with Gasteiger partial charge >= 0.3 is 13.8 Å². The molecule has 0 rings (SSSR count). The van der Waals surface area contributed by atoms with Crippen LogP contribution in [0.4, 0.5) is 0 Å². The van der Waals surface area contributed by atoms with Gasteiger partial charge in [0.25, 0.3) is 0 Å². The summed E-state index contributed by atoms with van der Waals surface area (Å²) >= 11 is 0. The third-order valence-corrected chi connectivity index (χ3v) is 11.2. The SMILES string of the molecule is CCCCCCCCCCCCCCCCCC/C=C\OC[C@H](COP(=O)(O)OCC[N+](C)(C)C)OC(=O)CCCCCCCCCCCCCCCC. The fraction of sp³-hybridized carbons (Fsp3) is 0.933. The maximum atomic E-state index is 12.7. The van der Waals surface area contributed by atoms with Crippen molar-refractivity contribution in [1.29, 1.82) is 0 Å². The largest absolute Gasteiger partial charge is 0.498 e. The summed E-state index contributed by atoms with van der Waals surface area (Å²) in [4.78, 5) is 22.9. The summed E-state index contributed by atoms with van der Waals surface area (Å²) in [5, 5.41) is 0. The minimum absolute atomic E-state index is 0.0544. The summed E-state index contributed by atoms with van der Waals surface area (Å²) < 4.78 is 34.8. The van der Waals surface area contributed by atoms with Gasteiger partial charge in [-0.3, -0.25) is 13.8 Å². The predicted molar refractivity (Wildman–Crippen MR) is 229 cm³/mol.